The summed E-state index contributed by atoms with van der Waals surface area (Å²) in [6.07, 6.45) is 0. The number of hydrogen-bond acceptors (Lipinski definition) is 8. The second-order valence-electron chi connectivity index (χ2n) is 8.62. The number of nitrogens with one attached hydrogen (secondary N) is 1. The fourth-order valence-corrected chi connectivity index (χ4v) is 4.82. The SMILES string of the molecule is CCOc1ccc(N(C(=O)c2snc(C(N)=O)c2N)C(C(=O)NCc2ccccc2)c2ccc(OC)cc2)cc1. The average molecular weight is 560 g/mol. The first-order valence-electron chi connectivity index (χ1n) is 12.4. The van der Waals surface area contributed by atoms with E-state index in [2.05, 4.69) is 9.69 Å². The predicted octanol–water partition coefficient (Wildman–Crippen LogP) is 3.94. The standard InChI is InChI=1S/C29H29N5O5S/c1-3-39-22-15-11-20(12-16-22)34(29(37)26-23(30)24(27(31)35)33-40-26)25(19-9-13-21(38-2)14-10-19)28(36)32-17-18-7-5-4-6-8-18/h4-16,25H,3,17,30H2,1-2H3,(H2,31,35)(H,32,36). The molecular formula is C29H29N5O5S. The zero-order valence-electron chi connectivity index (χ0n) is 22.0. The largest absolute Gasteiger partial charge is 0.497 e. The summed E-state index contributed by atoms with van der Waals surface area (Å²) in [5, 5.41) is 2.95. The van der Waals surface area contributed by atoms with Gasteiger partial charge in [-0.15, -0.1) is 0 Å². The van der Waals surface area contributed by atoms with Crippen LogP contribution in [0.3, 0.4) is 0 Å². The van der Waals surface area contributed by atoms with Crippen LogP contribution in [0.25, 0.3) is 0 Å². The van der Waals surface area contributed by atoms with Gasteiger partial charge in [0.25, 0.3) is 11.8 Å². The zero-order valence-corrected chi connectivity index (χ0v) is 22.8. The predicted molar refractivity (Wildman–Crippen MR) is 153 cm³/mol. The summed E-state index contributed by atoms with van der Waals surface area (Å²) in [6, 6.07) is 21.9. The van der Waals surface area contributed by atoms with Crippen LogP contribution in [0.2, 0.25) is 0 Å². The van der Waals surface area contributed by atoms with Crippen molar-refractivity contribution in [1.82, 2.24) is 9.69 Å². The van der Waals surface area contributed by atoms with Gasteiger partial charge in [0.1, 0.15) is 22.4 Å². The first kappa shape index (κ1) is 28.1. The maximum Gasteiger partial charge on any atom is 0.273 e. The van der Waals surface area contributed by atoms with Crippen molar-refractivity contribution in [3.05, 3.63) is 101 Å². The van der Waals surface area contributed by atoms with Gasteiger partial charge in [-0.25, -0.2) is 0 Å². The summed E-state index contributed by atoms with van der Waals surface area (Å²) in [4.78, 5) is 41.2. The maximum absolute atomic E-state index is 14.2. The first-order chi connectivity index (χ1) is 19.3. The number of amides is 3. The first-order valence-corrected chi connectivity index (χ1v) is 13.2. The Labute approximate surface area is 235 Å². The van der Waals surface area contributed by atoms with E-state index in [9.17, 15) is 14.4 Å². The molecule has 0 saturated heterocycles. The minimum absolute atomic E-state index is 0.0166. The highest BCUT2D eigenvalue weighted by molar-refractivity contribution is 7.09. The molecule has 1 unspecified atom stereocenters. The highest BCUT2D eigenvalue weighted by atomic mass is 32.1. The van der Waals surface area contributed by atoms with Crippen LogP contribution in [0.4, 0.5) is 11.4 Å². The Hall–Kier alpha value is -4.90. The maximum atomic E-state index is 14.2. The van der Waals surface area contributed by atoms with Gasteiger partial charge in [-0.1, -0.05) is 42.5 Å². The fourth-order valence-electron chi connectivity index (χ4n) is 4.08. The molecule has 0 aliphatic rings. The number of ether oxygens (including phenoxy) is 2. The number of carbonyl (C=O) groups excluding carboxylic acids is 3. The quantitative estimate of drug-likeness (QED) is 0.252. The van der Waals surface area contributed by atoms with Crippen LogP contribution in [0, 0.1) is 0 Å². The van der Waals surface area contributed by atoms with Crippen LogP contribution in [0.5, 0.6) is 11.5 Å². The van der Waals surface area contributed by atoms with Crippen LogP contribution in [0.15, 0.2) is 78.9 Å². The second-order valence-corrected chi connectivity index (χ2v) is 9.39. The second kappa shape index (κ2) is 12.8. The number of primary amides is 1. The van der Waals surface area contributed by atoms with E-state index in [1.54, 1.807) is 48.5 Å². The minimum Gasteiger partial charge on any atom is -0.497 e. The number of hydrogen-bond donors (Lipinski definition) is 3. The van der Waals surface area contributed by atoms with Crippen molar-refractivity contribution in [3.8, 4) is 11.5 Å². The van der Waals surface area contributed by atoms with Gasteiger partial charge in [0.2, 0.25) is 5.91 Å². The van der Waals surface area contributed by atoms with Gasteiger partial charge in [-0.05, 0) is 66.0 Å². The van der Waals surface area contributed by atoms with Crippen molar-refractivity contribution in [3.63, 3.8) is 0 Å². The smallest absolute Gasteiger partial charge is 0.273 e. The van der Waals surface area contributed by atoms with E-state index in [0.717, 1.165) is 17.1 Å². The Kier molecular flexibility index (Phi) is 8.97. The Bertz CT molecular complexity index is 1470. The number of benzene rings is 3. The van der Waals surface area contributed by atoms with Crippen LogP contribution in [-0.4, -0.2) is 35.8 Å². The third kappa shape index (κ3) is 6.21. The van der Waals surface area contributed by atoms with Crippen LogP contribution >= 0.6 is 11.5 Å². The van der Waals surface area contributed by atoms with Crippen molar-refractivity contribution < 1.29 is 23.9 Å². The molecule has 1 heterocycles. The highest BCUT2D eigenvalue weighted by Gasteiger charge is 2.36. The van der Waals surface area contributed by atoms with Crippen LogP contribution in [-0.2, 0) is 11.3 Å². The van der Waals surface area contributed by atoms with E-state index in [4.69, 9.17) is 20.9 Å². The molecule has 0 aliphatic heterocycles. The molecule has 5 N–H and O–H groups in total. The van der Waals surface area contributed by atoms with E-state index in [-0.39, 0.29) is 22.8 Å². The molecule has 206 valence electrons. The van der Waals surface area contributed by atoms with Crippen molar-refractivity contribution >= 4 is 40.6 Å². The van der Waals surface area contributed by atoms with Gasteiger partial charge < -0.3 is 26.3 Å². The number of nitrogens with zero attached hydrogens (tertiary/aromatic N) is 2. The van der Waals surface area contributed by atoms with E-state index in [0.29, 0.717) is 29.4 Å². The van der Waals surface area contributed by atoms with E-state index >= 15 is 0 Å². The molecule has 0 bridgehead atoms. The van der Waals surface area contributed by atoms with E-state index < -0.39 is 23.8 Å². The molecular weight excluding hydrogens is 530 g/mol. The molecule has 10 nitrogen and oxygen atoms in total. The van der Waals surface area contributed by atoms with Gasteiger partial charge in [-0.2, -0.15) is 4.37 Å². The number of nitrogen functional groups attached to an aromatic ring is 1. The van der Waals surface area contributed by atoms with Gasteiger partial charge >= 0.3 is 0 Å². The molecule has 0 aliphatic carbocycles. The molecule has 3 aromatic carbocycles. The normalized spacial score (nSPS) is 11.3. The summed E-state index contributed by atoms with van der Waals surface area (Å²) in [6.45, 7) is 2.57. The Morgan fingerprint density at radius 2 is 1.62 bits per heavy atom. The summed E-state index contributed by atoms with van der Waals surface area (Å²) in [7, 11) is 1.54. The lowest BCUT2D eigenvalue weighted by atomic mass is 10.0. The number of anilines is 2. The lowest BCUT2D eigenvalue weighted by Crippen LogP contribution is -2.44. The molecule has 0 spiro atoms. The van der Waals surface area contributed by atoms with Crippen LogP contribution in [0.1, 0.15) is 44.3 Å². The fraction of sp³-hybridized carbons (Fsp3) is 0.172. The number of methoxy groups -OCH3 is 1. The number of aromatic nitrogens is 1. The monoisotopic (exact) mass is 559 g/mol. The summed E-state index contributed by atoms with van der Waals surface area (Å²) < 4.78 is 14.8. The summed E-state index contributed by atoms with van der Waals surface area (Å²) in [5.74, 6) is -0.727. The lowest BCUT2D eigenvalue weighted by molar-refractivity contribution is -0.122. The van der Waals surface area contributed by atoms with E-state index in [1.165, 1.54) is 12.0 Å². The van der Waals surface area contributed by atoms with Crippen LogP contribution < -0.4 is 31.2 Å². The Balaban J connectivity index is 1.83. The molecule has 0 saturated carbocycles. The van der Waals surface area contributed by atoms with Gasteiger partial charge in [0.15, 0.2) is 5.69 Å². The van der Waals surface area contributed by atoms with Crippen molar-refractivity contribution in [2.45, 2.75) is 19.5 Å². The number of nitrogens with two attached hydrogens (primary N) is 2. The molecule has 4 aromatic rings. The topological polar surface area (TPSA) is 150 Å². The van der Waals surface area contributed by atoms with Crippen molar-refractivity contribution in [2.24, 2.45) is 5.73 Å². The molecule has 1 aromatic heterocycles. The molecule has 0 fully saturated rings. The number of carbonyl (C=O) groups is 3. The number of rotatable bonds is 11. The van der Waals surface area contributed by atoms with Crippen molar-refractivity contribution in [1.29, 1.82) is 0 Å². The zero-order chi connectivity index (χ0) is 28.6. The van der Waals surface area contributed by atoms with E-state index in [1.807, 2.05) is 37.3 Å². The van der Waals surface area contributed by atoms with Gasteiger partial charge in [0.05, 0.1) is 19.4 Å². The molecule has 40 heavy (non-hydrogen) atoms. The third-order valence-corrected chi connectivity index (χ3v) is 6.90. The highest BCUT2D eigenvalue weighted by Crippen LogP contribution is 2.34. The lowest BCUT2D eigenvalue weighted by Gasteiger charge is -2.31. The molecule has 3 amide bonds. The van der Waals surface area contributed by atoms with Gasteiger partial charge in [0, 0.05) is 12.2 Å². The third-order valence-electron chi connectivity index (χ3n) is 6.05. The molecule has 4 rings (SSSR count). The molecule has 11 heteroatoms. The summed E-state index contributed by atoms with van der Waals surface area (Å²) >= 11 is 0.744. The Morgan fingerprint density at radius 3 is 2.20 bits per heavy atom. The minimum atomic E-state index is -1.13. The van der Waals surface area contributed by atoms with Crippen molar-refractivity contribution in [2.75, 3.05) is 24.4 Å². The molecule has 1 atom stereocenters. The average Bonchev–Trinajstić information content (AvgIpc) is 3.37. The van der Waals surface area contributed by atoms with Gasteiger partial charge in [-0.3, -0.25) is 19.3 Å². The summed E-state index contributed by atoms with van der Waals surface area (Å²) in [5.41, 5.74) is 13.0. The molecule has 0 radical (unpaired) electrons. The Morgan fingerprint density at radius 1 is 0.975 bits per heavy atom.